The van der Waals surface area contributed by atoms with Crippen LogP contribution >= 0.6 is 0 Å². The van der Waals surface area contributed by atoms with Crippen LogP contribution in [0.2, 0.25) is 0 Å². The van der Waals surface area contributed by atoms with E-state index in [-0.39, 0.29) is 11.9 Å². The highest BCUT2D eigenvalue weighted by molar-refractivity contribution is 5.94. The second-order valence-electron chi connectivity index (χ2n) is 7.95. The van der Waals surface area contributed by atoms with Crippen LogP contribution in [0, 0.1) is 13.8 Å². The maximum absolute atomic E-state index is 12.9. The summed E-state index contributed by atoms with van der Waals surface area (Å²) < 4.78 is 1.77. The number of carbonyl (C=O) groups excluding carboxylic acids is 2. The van der Waals surface area contributed by atoms with E-state index >= 15 is 0 Å². The smallest absolute Gasteiger partial charge is 0.253 e. The van der Waals surface area contributed by atoms with Gasteiger partial charge >= 0.3 is 0 Å². The summed E-state index contributed by atoms with van der Waals surface area (Å²) in [5, 5.41) is 3.19. The molecule has 0 spiro atoms. The van der Waals surface area contributed by atoms with Gasteiger partial charge in [-0.05, 0) is 70.1 Å². The molecule has 0 aliphatic carbocycles. The minimum Gasteiger partial charge on any atom is -0.348 e. The molecule has 0 aliphatic rings. The first kappa shape index (κ1) is 25.0. The Morgan fingerprint density at radius 3 is 2.28 bits per heavy atom. The average molecular weight is 435 g/mol. The molecule has 0 saturated heterocycles. The number of pyridine rings is 1. The molecule has 6 heteroatoms. The first-order valence-corrected chi connectivity index (χ1v) is 10.8. The summed E-state index contributed by atoms with van der Waals surface area (Å²) in [5.41, 5.74) is 4.43. The van der Waals surface area contributed by atoms with Crippen LogP contribution in [-0.4, -0.2) is 53.3 Å². The highest BCUT2D eigenvalue weighted by atomic mass is 16.2. The summed E-state index contributed by atoms with van der Waals surface area (Å²) in [6.45, 7) is 4.72. The number of nitrogens with zero attached hydrogens (tertiary/aromatic N) is 3. The van der Waals surface area contributed by atoms with Crippen molar-refractivity contribution in [3.05, 3.63) is 89.0 Å². The van der Waals surface area contributed by atoms with Crippen molar-refractivity contribution in [1.82, 2.24) is 19.8 Å². The number of benzene rings is 1. The van der Waals surface area contributed by atoms with E-state index < -0.39 is 0 Å². The van der Waals surface area contributed by atoms with Gasteiger partial charge in [-0.1, -0.05) is 30.3 Å². The SMILES string of the molecule is CNCC[C@H](Cc1ccccc1)N(C)C(=O)c1cc(C)nc(C)c1.Cn1cccc1C=O. The van der Waals surface area contributed by atoms with Gasteiger partial charge in [-0.2, -0.15) is 0 Å². The number of aryl methyl sites for hydroxylation is 3. The maximum Gasteiger partial charge on any atom is 0.253 e. The Bertz CT molecular complexity index is 978. The van der Waals surface area contributed by atoms with E-state index in [9.17, 15) is 9.59 Å². The van der Waals surface area contributed by atoms with E-state index in [4.69, 9.17) is 0 Å². The van der Waals surface area contributed by atoms with Crippen molar-refractivity contribution < 1.29 is 9.59 Å². The molecule has 1 atom stereocenters. The lowest BCUT2D eigenvalue weighted by molar-refractivity contribution is 0.0723. The monoisotopic (exact) mass is 434 g/mol. The zero-order chi connectivity index (χ0) is 23.5. The number of aromatic nitrogens is 2. The minimum absolute atomic E-state index is 0.0561. The normalized spacial score (nSPS) is 11.3. The molecular formula is C26H34N4O2. The minimum atomic E-state index is 0.0561. The Kier molecular flexibility index (Phi) is 9.82. The van der Waals surface area contributed by atoms with Crippen LogP contribution in [0.25, 0.3) is 0 Å². The lowest BCUT2D eigenvalue weighted by atomic mass is 10.0. The molecule has 1 aromatic carbocycles. The third kappa shape index (κ3) is 7.46. The molecule has 0 radical (unpaired) electrons. The fourth-order valence-electron chi connectivity index (χ4n) is 3.55. The van der Waals surface area contributed by atoms with Crippen LogP contribution in [0.5, 0.6) is 0 Å². The van der Waals surface area contributed by atoms with Crippen LogP contribution in [-0.2, 0) is 13.5 Å². The third-order valence-corrected chi connectivity index (χ3v) is 5.34. The molecule has 6 nitrogen and oxygen atoms in total. The predicted molar refractivity (Wildman–Crippen MR) is 129 cm³/mol. The molecule has 2 aromatic heterocycles. The summed E-state index contributed by atoms with van der Waals surface area (Å²) in [4.78, 5) is 29.2. The third-order valence-electron chi connectivity index (χ3n) is 5.34. The molecule has 0 fully saturated rings. The van der Waals surface area contributed by atoms with Gasteiger partial charge in [0.15, 0.2) is 6.29 Å². The van der Waals surface area contributed by atoms with Crippen molar-refractivity contribution in [2.75, 3.05) is 20.6 Å². The molecule has 32 heavy (non-hydrogen) atoms. The first-order chi connectivity index (χ1) is 15.3. The molecule has 0 aliphatic heterocycles. The van der Waals surface area contributed by atoms with Crippen molar-refractivity contribution in [3.8, 4) is 0 Å². The lowest BCUT2D eigenvalue weighted by Crippen LogP contribution is -2.40. The van der Waals surface area contributed by atoms with Gasteiger partial charge in [-0.15, -0.1) is 0 Å². The highest BCUT2D eigenvalue weighted by Crippen LogP contribution is 2.15. The van der Waals surface area contributed by atoms with Crippen LogP contribution in [0.4, 0.5) is 0 Å². The molecule has 3 rings (SSSR count). The zero-order valence-corrected chi connectivity index (χ0v) is 19.7. The molecule has 2 heterocycles. The van der Waals surface area contributed by atoms with Crippen molar-refractivity contribution >= 4 is 12.2 Å². The average Bonchev–Trinajstić information content (AvgIpc) is 3.21. The second kappa shape index (κ2) is 12.6. The zero-order valence-electron chi connectivity index (χ0n) is 19.7. The van der Waals surface area contributed by atoms with Gasteiger partial charge in [0.05, 0.1) is 5.69 Å². The molecule has 0 unspecified atom stereocenters. The first-order valence-electron chi connectivity index (χ1n) is 10.8. The number of aldehydes is 1. The Morgan fingerprint density at radius 2 is 1.78 bits per heavy atom. The Hall–Kier alpha value is -3.25. The van der Waals surface area contributed by atoms with E-state index in [0.29, 0.717) is 11.3 Å². The quantitative estimate of drug-likeness (QED) is 0.547. The fraction of sp³-hybridized carbons (Fsp3) is 0.346. The van der Waals surface area contributed by atoms with Crippen LogP contribution in [0.3, 0.4) is 0 Å². The topological polar surface area (TPSA) is 67.2 Å². The van der Waals surface area contributed by atoms with Crippen molar-refractivity contribution in [2.45, 2.75) is 32.7 Å². The molecule has 1 N–H and O–H groups in total. The summed E-state index contributed by atoms with van der Waals surface area (Å²) in [5.74, 6) is 0.0561. The molecule has 0 saturated carbocycles. The lowest BCUT2D eigenvalue weighted by Gasteiger charge is -2.29. The van der Waals surface area contributed by atoms with Gasteiger partial charge in [0.2, 0.25) is 0 Å². The van der Waals surface area contributed by atoms with Gasteiger partial charge in [0, 0.05) is 43.3 Å². The number of nitrogens with one attached hydrogen (secondary N) is 1. The summed E-state index contributed by atoms with van der Waals surface area (Å²) in [6, 6.07) is 17.8. The van der Waals surface area contributed by atoms with Gasteiger partial charge in [0.1, 0.15) is 0 Å². The van der Waals surface area contributed by atoms with Crippen LogP contribution in [0.15, 0.2) is 60.8 Å². The summed E-state index contributed by atoms with van der Waals surface area (Å²) in [7, 11) is 5.68. The Balaban J connectivity index is 0.000000380. The molecule has 1 amide bonds. The molecule has 3 aromatic rings. The fourth-order valence-corrected chi connectivity index (χ4v) is 3.55. The molecule has 170 valence electrons. The van der Waals surface area contributed by atoms with Gasteiger partial charge < -0.3 is 14.8 Å². The van der Waals surface area contributed by atoms with Crippen molar-refractivity contribution in [3.63, 3.8) is 0 Å². The number of amides is 1. The summed E-state index contributed by atoms with van der Waals surface area (Å²) >= 11 is 0. The number of hydrogen-bond acceptors (Lipinski definition) is 4. The van der Waals surface area contributed by atoms with Crippen LogP contribution < -0.4 is 5.32 Å². The van der Waals surface area contributed by atoms with Crippen molar-refractivity contribution in [1.29, 1.82) is 0 Å². The number of likely N-dealkylation sites (N-methyl/N-ethyl adjacent to an activating group) is 1. The van der Waals surface area contributed by atoms with Gasteiger partial charge in [0.25, 0.3) is 5.91 Å². The highest BCUT2D eigenvalue weighted by Gasteiger charge is 2.21. The van der Waals surface area contributed by atoms with Crippen molar-refractivity contribution in [2.24, 2.45) is 7.05 Å². The van der Waals surface area contributed by atoms with E-state index in [1.54, 1.807) is 10.6 Å². The van der Waals surface area contributed by atoms with E-state index in [1.807, 2.05) is 82.5 Å². The van der Waals surface area contributed by atoms with E-state index in [0.717, 1.165) is 37.1 Å². The number of carbonyl (C=O) groups is 2. The van der Waals surface area contributed by atoms with E-state index in [2.05, 4.69) is 22.4 Å². The second-order valence-corrected chi connectivity index (χ2v) is 7.95. The standard InChI is InChI=1S/C20H27N3O.C6H7NO/c1-15-12-18(13-16(2)22-15)20(24)23(4)19(10-11-21-3)14-17-8-6-5-7-9-17;1-7-4-2-3-6(7)5-8/h5-9,12-13,19,21H,10-11,14H2,1-4H3;2-5H,1H3/t19-;/m1./s1. The Morgan fingerprint density at radius 1 is 1.12 bits per heavy atom. The molecule has 0 bridgehead atoms. The predicted octanol–water partition coefficient (Wildman–Crippen LogP) is 3.83. The number of rotatable bonds is 8. The Labute approximate surface area is 191 Å². The van der Waals surface area contributed by atoms with E-state index in [1.165, 1.54) is 5.56 Å². The van der Waals surface area contributed by atoms with Gasteiger partial charge in [-0.25, -0.2) is 0 Å². The maximum atomic E-state index is 12.9. The van der Waals surface area contributed by atoms with Gasteiger partial charge in [-0.3, -0.25) is 14.6 Å². The largest absolute Gasteiger partial charge is 0.348 e. The molecular weight excluding hydrogens is 400 g/mol. The summed E-state index contributed by atoms with van der Waals surface area (Å²) in [6.07, 6.45) is 4.44. The van der Waals surface area contributed by atoms with Crippen LogP contribution in [0.1, 0.15) is 44.2 Å². The number of hydrogen-bond donors (Lipinski definition) is 1.